The summed E-state index contributed by atoms with van der Waals surface area (Å²) in [5, 5.41) is 0.0519. The lowest BCUT2D eigenvalue weighted by atomic mass is 9.87. The SMILES string of the molecule is CN1C[C@@H](c2cc(F)cc(F)c2)C(C(=O)N(N)c2cccc(F)c2C(F)(F)F)C1=O. The first-order valence-electron chi connectivity index (χ1n) is 8.57. The van der Waals surface area contributed by atoms with Gasteiger partial charge in [-0.1, -0.05) is 6.07 Å². The molecule has 2 N–H and O–H groups in total. The zero-order valence-corrected chi connectivity index (χ0v) is 15.4. The number of carbonyl (C=O) groups is 2. The van der Waals surface area contributed by atoms with Crippen LogP contribution in [0.15, 0.2) is 36.4 Å². The predicted molar refractivity (Wildman–Crippen MR) is 93.3 cm³/mol. The van der Waals surface area contributed by atoms with Crippen LogP contribution in [0.4, 0.5) is 32.0 Å². The van der Waals surface area contributed by atoms with Crippen LogP contribution in [0.1, 0.15) is 17.0 Å². The van der Waals surface area contributed by atoms with E-state index in [0.717, 1.165) is 29.2 Å². The number of carbonyl (C=O) groups excluding carboxylic acids is 2. The van der Waals surface area contributed by atoms with E-state index in [0.29, 0.717) is 12.1 Å². The van der Waals surface area contributed by atoms with E-state index in [1.54, 1.807) is 0 Å². The smallest absolute Gasteiger partial charge is 0.344 e. The minimum Gasteiger partial charge on any atom is -0.344 e. The highest BCUT2D eigenvalue weighted by molar-refractivity contribution is 6.09. The van der Waals surface area contributed by atoms with Crippen molar-refractivity contribution in [3.8, 4) is 0 Å². The normalized spacial score (nSPS) is 19.3. The molecule has 11 heteroatoms. The van der Waals surface area contributed by atoms with Gasteiger partial charge in [0, 0.05) is 25.6 Å². The largest absolute Gasteiger partial charge is 0.421 e. The van der Waals surface area contributed by atoms with Gasteiger partial charge >= 0.3 is 6.18 Å². The van der Waals surface area contributed by atoms with Crippen LogP contribution in [0.25, 0.3) is 0 Å². The van der Waals surface area contributed by atoms with Gasteiger partial charge in [-0.3, -0.25) is 9.59 Å². The van der Waals surface area contributed by atoms with E-state index in [4.69, 9.17) is 5.84 Å². The number of anilines is 1. The Morgan fingerprint density at radius 1 is 1.13 bits per heavy atom. The first kappa shape index (κ1) is 21.6. The van der Waals surface area contributed by atoms with E-state index in [1.807, 2.05) is 0 Å². The van der Waals surface area contributed by atoms with Crippen LogP contribution in [0, 0.1) is 23.4 Å². The third-order valence-corrected chi connectivity index (χ3v) is 4.87. The Bertz CT molecular complexity index is 990. The van der Waals surface area contributed by atoms with Crippen LogP contribution in [0.3, 0.4) is 0 Å². The molecule has 1 heterocycles. The second-order valence-corrected chi connectivity index (χ2v) is 6.85. The fourth-order valence-corrected chi connectivity index (χ4v) is 3.53. The van der Waals surface area contributed by atoms with Gasteiger partial charge in [-0.05, 0) is 29.8 Å². The number of likely N-dealkylation sites (tertiary alicyclic amines) is 1. The average molecular weight is 431 g/mol. The monoisotopic (exact) mass is 431 g/mol. The summed E-state index contributed by atoms with van der Waals surface area (Å²) in [6.45, 7) is -0.124. The molecule has 1 aliphatic heterocycles. The lowest BCUT2D eigenvalue weighted by Gasteiger charge is -2.25. The van der Waals surface area contributed by atoms with Crippen LogP contribution in [0.2, 0.25) is 0 Å². The number of hydrogen-bond acceptors (Lipinski definition) is 3. The van der Waals surface area contributed by atoms with Gasteiger partial charge in [-0.25, -0.2) is 24.0 Å². The van der Waals surface area contributed by atoms with Crippen molar-refractivity contribution in [1.82, 2.24) is 4.90 Å². The van der Waals surface area contributed by atoms with Crippen LogP contribution in [-0.4, -0.2) is 30.3 Å². The molecule has 2 aromatic carbocycles. The molecule has 1 fully saturated rings. The van der Waals surface area contributed by atoms with Crippen LogP contribution in [0.5, 0.6) is 0 Å². The van der Waals surface area contributed by atoms with Gasteiger partial charge in [0.2, 0.25) is 5.91 Å². The van der Waals surface area contributed by atoms with Crippen LogP contribution >= 0.6 is 0 Å². The summed E-state index contributed by atoms with van der Waals surface area (Å²) >= 11 is 0. The molecule has 2 aromatic rings. The predicted octanol–water partition coefficient (Wildman–Crippen LogP) is 3.20. The minimum absolute atomic E-state index is 0.0350. The van der Waals surface area contributed by atoms with E-state index >= 15 is 0 Å². The Balaban J connectivity index is 2.04. The maximum atomic E-state index is 13.8. The number of halogens is 6. The Morgan fingerprint density at radius 3 is 2.30 bits per heavy atom. The Kier molecular flexibility index (Phi) is 5.50. The van der Waals surface area contributed by atoms with Gasteiger partial charge in [0.25, 0.3) is 5.91 Å². The maximum Gasteiger partial charge on any atom is 0.421 e. The zero-order chi connectivity index (χ0) is 22.4. The zero-order valence-electron chi connectivity index (χ0n) is 15.4. The fourth-order valence-electron chi connectivity index (χ4n) is 3.53. The van der Waals surface area contributed by atoms with E-state index in [1.165, 1.54) is 7.05 Å². The molecule has 0 spiro atoms. The number of alkyl halides is 3. The van der Waals surface area contributed by atoms with Crippen molar-refractivity contribution < 1.29 is 35.9 Å². The Hall–Kier alpha value is -3.08. The number of hydrazine groups is 1. The van der Waals surface area contributed by atoms with Crippen LogP contribution in [-0.2, 0) is 15.8 Å². The number of nitrogens with two attached hydrogens (primary N) is 1. The minimum atomic E-state index is -5.17. The summed E-state index contributed by atoms with van der Waals surface area (Å²) < 4.78 is 81.0. The molecule has 0 aliphatic carbocycles. The summed E-state index contributed by atoms with van der Waals surface area (Å²) in [5.74, 6) is -2.75. The maximum absolute atomic E-state index is 13.8. The van der Waals surface area contributed by atoms with E-state index in [9.17, 15) is 35.9 Å². The molecule has 1 unspecified atom stereocenters. The van der Waals surface area contributed by atoms with Crippen molar-refractivity contribution in [2.24, 2.45) is 11.8 Å². The summed E-state index contributed by atoms with van der Waals surface area (Å²) in [6.07, 6.45) is -5.17. The molecule has 3 rings (SSSR count). The molecule has 0 saturated carbocycles. The van der Waals surface area contributed by atoms with Crippen molar-refractivity contribution >= 4 is 17.5 Å². The van der Waals surface area contributed by atoms with Crippen molar-refractivity contribution in [2.45, 2.75) is 12.1 Å². The molecule has 2 atom stereocenters. The highest BCUT2D eigenvalue weighted by atomic mass is 19.4. The fraction of sp³-hybridized carbons (Fsp3) is 0.263. The van der Waals surface area contributed by atoms with Gasteiger partial charge in [0.15, 0.2) is 0 Å². The van der Waals surface area contributed by atoms with E-state index in [-0.39, 0.29) is 17.1 Å². The van der Waals surface area contributed by atoms with Crippen LogP contribution < -0.4 is 10.9 Å². The molecular formula is C19H15F6N3O2. The first-order chi connectivity index (χ1) is 13.9. The summed E-state index contributed by atoms with van der Waals surface area (Å²) in [6, 6.07) is 4.70. The third-order valence-electron chi connectivity index (χ3n) is 4.87. The molecule has 0 aromatic heterocycles. The first-order valence-corrected chi connectivity index (χ1v) is 8.57. The van der Waals surface area contributed by atoms with Gasteiger partial charge in [0.05, 0.1) is 5.69 Å². The molecule has 0 radical (unpaired) electrons. The van der Waals surface area contributed by atoms with Crippen molar-refractivity contribution in [3.63, 3.8) is 0 Å². The summed E-state index contributed by atoms with van der Waals surface area (Å²) in [7, 11) is 1.32. The quantitative estimate of drug-likeness (QED) is 0.267. The molecule has 1 aliphatic rings. The second kappa shape index (κ2) is 7.63. The van der Waals surface area contributed by atoms with Crippen molar-refractivity contribution in [3.05, 3.63) is 65.0 Å². The van der Waals surface area contributed by atoms with Crippen molar-refractivity contribution in [2.75, 3.05) is 18.6 Å². The Morgan fingerprint density at radius 2 is 1.73 bits per heavy atom. The number of rotatable bonds is 3. The average Bonchev–Trinajstić information content (AvgIpc) is 2.93. The number of hydrogen-bond donors (Lipinski definition) is 1. The lowest BCUT2D eigenvalue weighted by molar-refractivity contribution is -0.139. The number of likely N-dealkylation sites (N-methyl/N-ethyl adjacent to an activating group) is 1. The Labute approximate surface area is 166 Å². The molecule has 1 saturated heterocycles. The number of benzene rings is 2. The lowest BCUT2D eigenvalue weighted by Crippen LogP contribution is -2.46. The summed E-state index contributed by atoms with van der Waals surface area (Å²) in [4.78, 5) is 26.5. The third kappa shape index (κ3) is 3.84. The topological polar surface area (TPSA) is 66.6 Å². The van der Waals surface area contributed by atoms with Crippen molar-refractivity contribution in [1.29, 1.82) is 0 Å². The van der Waals surface area contributed by atoms with Gasteiger partial charge in [-0.15, -0.1) is 0 Å². The number of nitrogens with zero attached hydrogens (tertiary/aromatic N) is 2. The second-order valence-electron chi connectivity index (χ2n) is 6.85. The molecular weight excluding hydrogens is 416 g/mol. The molecule has 2 amide bonds. The highest BCUT2D eigenvalue weighted by Gasteiger charge is 2.47. The van der Waals surface area contributed by atoms with E-state index < -0.39 is 58.5 Å². The molecule has 160 valence electrons. The van der Waals surface area contributed by atoms with Gasteiger partial charge in [0.1, 0.15) is 28.9 Å². The summed E-state index contributed by atoms with van der Waals surface area (Å²) in [5.41, 5.74) is -2.79. The molecule has 5 nitrogen and oxygen atoms in total. The van der Waals surface area contributed by atoms with Gasteiger partial charge in [-0.2, -0.15) is 13.2 Å². The highest BCUT2D eigenvalue weighted by Crippen LogP contribution is 2.40. The molecule has 30 heavy (non-hydrogen) atoms. The van der Waals surface area contributed by atoms with E-state index in [2.05, 4.69) is 0 Å². The standard InChI is InChI=1S/C19H15F6N3O2/c1-27-8-12(9-5-10(20)7-11(21)6-9)15(17(27)29)18(30)28(26)14-4-2-3-13(22)16(14)19(23,24)25/h2-7,12,15H,8,26H2,1H3/t12-,15?/m0/s1. The molecule has 0 bridgehead atoms. The van der Waals surface area contributed by atoms with Gasteiger partial charge < -0.3 is 4.90 Å². The number of amides is 2.